The second-order valence-corrected chi connectivity index (χ2v) is 11.0. The number of likely N-dealkylation sites (N-methyl/N-ethyl adjacent to an activating group) is 1. The highest BCUT2D eigenvalue weighted by atomic mass is 16.5. The predicted octanol–water partition coefficient (Wildman–Crippen LogP) is 3.61. The molecule has 2 aliphatic carbocycles. The highest BCUT2D eigenvalue weighted by Crippen LogP contribution is 2.63. The van der Waals surface area contributed by atoms with Crippen LogP contribution >= 0.6 is 0 Å². The van der Waals surface area contributed by atoms with Crippen LogP contribution in [0.25, 0.3) is 5.52 Å². The first kappa shape index (κ1) is 21.9. The van der Waals surface area contributed by atoms with Crippen molar-refractivity contribution in [3.63, 3.8) is 0 Å². The van der Waals surface area contributed by atoms with E-state index in [9.17, 15) is 20.1 Å². The van der Waals surface area contributed by atoms with Gasteiger partial charge in [0.05, 0.1) is 5.56 Å². The molecule has 1 spiro atoms. The van der Waals surface area contributed by atoms with Gasteiger partial charge in [0.2, 0.25) is 0 Å². The number of carbonyl (C=O) groups is 1. The molecule has 1 fully saturated rings. The maximum absolute atomic E-state index is 12.1. The number of aliphatic hydroxyl groups excluding tert-OH is 1. The van der Waals surface area contributed by atoms with Gasteiger partial charge in [0.15, 0.2) is 11.5 Å². The number of ether oxygens (including phenoxy) is 1. The zero-order valence-electron chi connectivity index (χ0n) is 20.6. The fourth-order valence-electron chi connectivity index (χ4n) is 7.95. The molecule has 7 rings (SSSR count). The van der Waals surface area contributed by atoms with Crippen LogP contribution in [0.1, 0.15) is 57.6 Å². The van der Waals surface area contributed by atoms with Crippen molar-refractivity contribution in [3.05, 3.63) is 76.1 Å². The van der Waals surface area contributed by atoms with Gasteiger partial charge in [-0.1, -0.05) is 19.1 Å². The number of carboxylic acids is 1. The first-order valence-corrected chi connectivity index (χ1v) is 12.7. The van der Waals surface area contributed by atoms with E-state index in [-0.39, 0.29) is 29.0 Å². The Labute approximate surface area is 209 Å². The van der Waals surface area contributed by atoms with E-state index in [1.165, 1.54) is 5.56 Å². The molecule has 2 aliphatic heterocycles. The number of aromatic nitrogens is 1. The lowest BCUT2D eigenvalue weighted by Gasteiger charge is -2.56. The number of aliphatic hydroxyl groups is 1. The zero-order valence-corrected chi connectivity index (χ0v) is 20.6. The number of phenols is 1. The standard InChI is InChI=1S/C29H30N2O5/c1-14(25-15(2)18(28(34)35)11-16-5-4-9-31(16)25)17-13-23(33)26-24-19(17)12-21-20-6-7-22(32)27(36-26)29(20,24)8-10-30(21)3/h4-7,9,11,13-14,20-22,27,32-33H,8,10,12H2,1-3H3,(H,34,35)/t14?,20-,21+,22-,27-,29-/m0/s1. The monoisotopic (exact) mass is 486 g/mol. The summed E-state index contributed by atoms with van der Waals surface area (Å²) in [5.41, 5.74) is 5.61. The molecule has 36 heavy (non-hydrogen) atoms. The van der Waals surface area contributed by atoms with Crippen molar-refractivity contribution in [1.82, 2.24) is 9.30 Å². The van der Waals surface area contributed by atoms with Gasteiger partial charge in [0.25, 0.3) is 0 Å². The number of benzene rings is 1. The van der Waals surface area contributed by atoms with Gasteiger partial charge in [-0.05, 0) is 74.3 Å². The molecule has 0 amide bonds. The molecule has 3 N–H and O–H groups in total. The van der Waals surface area contributed by atoms with Crippen molar-refractivity contribution in [3.8, 4) is 11.5 Å². The molecular formula is C29H30N2O5. The van der Waals surface area contributed by atoms with Crippen molar-refractivity contribution >= 4 is 11.5 Å². The van der Waals surface area contributed by atoms with Crippen LogP contribution in [-0.2, 0) is 11.8 Å². The lowest BCUT2D eigenvalue weighted by Crippen LogP contribution is -2.64. The second kappa shape index (κ2) is 7.14. The van der Waals surface area contributed by atoms with Crippen molar-refractivity contribution in [1.29, 1.82) is 0 Å². The van der Waals surface area contributed by atoms with Crippen LogP contribution in [0.15, 0.2) is 42.6 Å². The van der Waals surface area contributed by atoms with Gasteiger partial charge in [-0.15, -0.1) is 0 Å². The molecule has 0 radical (unpaired) electrons. The molecule has 1 aromatic carbocycles. The second-order valence-electron chi connectivity index (χ2n) is 11.0. The topological polar surface area (TPSA) is 94.6 Å². The molecule has 1 unspecified atom stereocenters. The van der Waals surface area contributed by atoms with E-state index in [0.29, 0.717) is 11.3 Å². The van der Waals surface area contributed by atoms with Crippen LogP contribution in [0.2, 0.25) is 0 Å². The average molecular weight is 487 g/mol. The summed E-state index contributed by atoms with van der Waals surface area (Å²) in [6.45, 7) is 4.87. The van der Waals surface area contributed by atoms with Crippen molar-refractivity contribution in [2.45, 2.75) is 56.3 Å². The Morgan fingerprint density at radius 2 is 2.08 bits per heavy atom. The summed E-state index contributed by atoms with van der Waals surface area (Å²) in [7, 11) is 2.17. The fraction of sp³-hybridized carbons (Fsp3) is 0.414. The maximum Gasteiger partial charge on any atom is 0.336 e. The normalized spacial score (nSPS) is 30.8. The number of hydrogen-bond acceptors (Lipinski definition) is 5. The Morgan fingerprint density at radius 3 is 2.86 bits per heavy atom. The summed E-state index contributed by atoms with van der Waals surface area (Å²) in [6, 6.07) is 7.64. The van der Waals surface area contributed by atoms with Crippen LogP contribution in [0, 0.1) is 12.8 Å². The van der Waals surface area contributed by atoms with Gasteiger partial charge in [-0.3, -0.25) is 0 Å². The lowest BCUT2D eigenvalue weighted by molar-refractivity contribution is -0.0454. The first-order valence-electron chi connectivity index (χ1n) is 12.7. The molecule has 186 valence electrons. The highest BCUT2D eigenvalue weighted by Gasteiger charge is 2.64. The number of piperidine rings is 1. The third kappa shape index (κ3) is 2.52. The Bertz CT molecular complexity index is 1490. The largest absolute Gasteiger partial charge is 0.504 e. The molecule has 1 saturated heterocycles. The molecule has 7 heteroatoms. The summed E-state index contributed by atoms with van der Waals surface area (Å²) >= 11 is 0. The Kier molecular flexibility index (Phi) is 4.35. The van der Waals surface area contributed by atoms with Crippen molar-refractivity contribution in [2.24, 2.45) is 5.92 Å². The van der Waals surface area contributed by atoms with E-state index in [4.69, 9.17) is 4.74 Å². The van der Waals surface area contributed by atoms with Gasteiger partial charge in [0.1, 0.15) is 12.2 Å². The highest BCUT2D eigenvalue weighted by molar-refractivity contribution is 5.91. The summed E-state index contributed by atoms with van der Waals surface area (Å²) in [5.74, 6) is -0.300. The molecule has 3 aromatic rings. The number of aromatic hydroxyl groups is 1. The van der Waals surface area contributed by atoms with Crippen LogP contribution < -0.4 is 4.74 Å². The Hall–Kier alpha value is -3.29. The Balaban J connectivity index is 1.50. The summed E-state index contributed by atoms with van der Waals surface area (Å²) in [6.07, 6.45) is 6.52. The molecule has 2 bridgehead atoms. The van der Waals surface area contributed by atoms with E-state index >= 15 is 0 Å². The summed E-state index contributed by atoms with van der Waals surface area (Å²) in [5, 5.41) is 32.1. The molecule has 4 aliphatic rings. The van der Waals surface area contributed by atoms with Gasteiger partial charge in [-0.2, -0.15) is 0 Å². The minimum atomic E-state index is -0.945. The number of aromatic carboxylic acids is 1. The van der Waals surface area contributed by atoms with Crippen molar-refractivity contribution < 1.29 is 24.9 Å². The lowest BCUT2D eigenvalue weighted by atomic mass is 9.52. The van der Waals surface area contributed by atoms with Gasteiger partial charge in [0, 0.05) is 46.3 Å². The number of likely N-dealkylation sites (tertiary alicyclic amines) is 1. The number of fused-ring (bicyclic) bond motifs is 1. The number of pyridine rings is 1. The minimum absolute atomic E-state index is 0.0958. The van der Waals surface area contributed by atoms with Gasteiger partial charge >= 0.3 is 5.97 Å². The van der Waals surface area contributed by atoms with Gasteiger partial charge in [-0.25, -0.2) is 4.79 Å². The summed E-state index contributed by atoms with van der Waals surface area (Å²) in [4.78, 5) is 14.5. The zero-order chi connectivity index (χ0) is 25.1. The number of rotatable bonds is 3. The fourth-order valence-corrected chi connectivity index (χ4v) is 7.95. The third-order valence-corrected chi connectivity index (χ3v) is 9.54. The number of hydrogen-bond donors (Lipinski definition) is 3. The molecule has 7 nitrogen and oxygen atoms in total. The minimum Gasteiger partial charge on any atom is -0.504 e. The van der Waals surface area contributed by atoms with Crippen molar-refractivity contribution in [2.75, 3.05) is 13.6 Å². The Morgan fingerprint density at radius 1 is 1.28 bits per heavy atom. The van der Waals surface area contributed by atoms with E-state index in [1.807, 2.05) is 37.4 Å². The molecule has 2 aromatic heterocycles. The predicted molar refractivity (Wildman–Crippen MR) is 134 cm³/mol. The third-order valence-electron chi connectivity index (χ3n) is 9.54. The smallest absolute Gasteiger partial charge is 0.336 e. The van der Waals surface area contributed by atoms with Crippen LogP contribution in [0.4, 0.5) is 0 Å². The molecule has 6 atom stereocenters. The quantitative estimate of drug-likeness (QED) is 0.490. The number of phenolic OH excluding ortho intramolecular Hbond substituents is 1. The maximum atomic E-state index is 12.1. The van der Waals surface area contributed by atoms with Gasteiger partial charge < -0.3 is 29.4 Å². The van der Waals surface area contributed by atoms with Crippen LogP contribution in [0.5, 0.6) is 11.5 Å². The summed E-state index contributed by atoms with van der Waals surface area (Å²) < 4.78 is 8.44. The van der Waals surface area contributed by atoms with Crippen LogP contribution in [-0.4, -0.2) is 62.4 Å². The number of nitrogens with zero attached hydrogens (tertiary/aromatic N) is 2. The van der Waals surface area contributed by atoms with E-state index in [1.54, 1.807) is 6.07 Å². The van der Waals surface area contributed by atoms with Crippen LogP contribution in [0.3, 0.4) is 0 Å². The molecule has 4 heterocycles. The van der Waals surface area contributed by atoms with E-state index in [2.05, 4.69) is 29.3 Å². The SMILES string of the molecule is Cc1c(C(=O)O)cc2cccn2c1C(C)c1cc(O)c2c3c1C[C@@H]1[C@@H]4C=C[C@H](O)[C@H](O2)[C@]34CCN1C. The number of carboxylic acid groups (broad SMARTS) is 1. The molecule has 0 saturated carbocycles. The first-order chi connectivity index (χ1) is 17.2. The average Bonchev–Trinajstić information content (AvgIpc) is 3.45. The van der Waals surface area contributed by atoms with E-state index < -0.39 is 18.2 Å². The van der Waals surface area contributed by atoms with E-state index in [0.717, 1.165) is 47.3 Å². The molecular weight excluding hydrogens is 456 g/mol.